The molecule has 0 spiro atoms. The van der Waals surface area contributed by atoms with Crippen molar-refractivity contribution in [1.82, 2.24) is 4.31 Å². The Morgan fingerprint density at radius 2 is 1.90 bits per heavy atom. The Hall–Kier alpha value is -0.880. The van der Waals surface area contributed by atoms with Crippen molar-refractivity contribution in [2.24, 2.45) is 0 Å². The standard InChI is InChI=1S/C15H14ClNO2S2/c16-13-6-7-14(20-13)21(18,19)17-9-8-11-3-1-2-10-4-5-12(17)15(10)11/h1-3,6-7,12H,4-5,8-9H2. The second kappa shape index (κ2) is 4.81. The van der Waals surface area contributed by atoms with Crippen molar-refractivity contribution in [3.63, 3.8) is 0 Å². The van der Waals surface area contributed by atoms with Gasteiger partial charge in [-0.25, -0.2) is 8.42 Å². The molecule has 6 heteroatoms. The largest absolute Gasteiger partial charge is 0.253 e. The van der Waals surface area contributed by atoms with Gasteiger partial charge in [0.1, 0.15) is 4.21 Å². The van der Waals surface area contributed by atoms with E-state index in [1.165, 1.54) is 16.7 Å². The molecule has 4 rings (SSSR count). The summed E-state index contributed by atoms with van der Waals surface area (Å²) in [7, 11) is -3.44. The number of hydrogen-bond donors (Lipinski definition) is 0. The van der Waals surface area contributed by atoms with Crippen LogP contribution in [-0.2, 0) is 22.9 Å². The molecule has 0 fully saturated rings. The van der Waals surface area contributed by atoms with E-state index < -0.39 is 10.0 Å². The lowest BCUT2D eigenvalue weighted by molar-refractivity contribution is 0.309. The van der Waals surface area contributed by atoms with Gasteiger partial charge < -0.3 is 0 Å². The van der Waals surface area contributed by atoms with Crippen LogP contribution >= 0.6 is 22.9 Å². The Morgan fingerprint density at radius 3 is 2.62 bits per heavy atom. The maximum Gasteiger partial charge on any atom is 0.253 e. The predicted molar refractivity (Wildman–Crippen MR) is 84.4 cm³/mol. The highest BCUT2D eigenvalue weighted by Crippen LogP contribution is 2.44. The van der Waals surface area contributed by atoms with Gasteiger partial charge in [0.25, 0.3) is 10.0 Å². The molecule has 110 valence electrons. The molecule has 0 radical (unpaired) electrons. The first-order valence-corrected chi connectivity index (χ1v) is 9.58. The molecular formula is C15H14ClNO2S2. The maximum atomic E-state index is 12.9. The molecule has 1 atom stereocenters. The minimum atomic E-state index is -3.44. The first-order valence-electron chi connectivity index (χ1n) is 6.95. The van der Waals surface area contributed by atoms with Crippen LogP contribution in [0.15, 0.2) is 34.5 Å². The van der Waals surface area contributed by atoms with E-state index >= 15 is 0 Å². The quantitative estimate of drug-likeness (QED) is 0.837. The summed E-state index contributed by atoms with van der Waals surface area (Å²) in [5.74, 6) is 0. The van der Waals surface area contributed by atoms with Crippen molar-refractivity contribution in [2.75, 3.05) is 6.54 Å². The van der Waals surface area contributed by atoms with Crippen molar-refractivity contribution in [2.45, 2.75) is 29.5 Å². The van der Waals surface area contributed by atoms with Crippen LogP contribution in [0.3, 0.4) is 0 Å². The Bertz CT molecular complexity index is 813. The van der Waals surface area contributed by atoms with Crippen molar-refractivity contribution in [3.8, 4) is 0 Å². The normalized spacial score (nSPS) is 21.5. The van der Waals surface area contributed by atoms with Gasteiger partial charge in [-0.15, -0.1) is 11.3 Å². The fourth-order valence-electron chi connectivity index (χ4n) is 3.48. The summed E-state index contributed by atoms with van der Waals surface area (Å²) in [6, 6.07) is 9.59. The Labute approximate surface area is 133 Å². The van der Waals surface area contributed by atoms with Crippen molar-refractivity contribution in [1.29, 1.82) is 0 Å². The van der Waals surface area contributed by atoms with E-state index in [-0.39, 0.29) is 6.04 Å². The van der Waals surface area contributed by atoms with Crippen molar-refractivity contribution < 1.29 is 8.42 Å². The molecule has 1 unspecified atom stereocenters. The van der Waals surface area contributed by atoms with Gasteiger partial charge in [0.15, 0.2) is 0 Å². The topological polar surface area (TPSA) is 37.4 Å². The number of halogens is 1. The van der Waals surface area contributed by atoms with Crippen molar-refractivity contribution in [3.05, 3.63) is 51.4 Å². The van der Waals surface area contributed by atoms with Crippen LogP contribution in [0.1, 0.15) is 29.2 Å². The summed E-state index contributed by atoms with van der Waals surface area (Å²) in [5.41, 5.74) is 3.86. The average molecular weight is 340 g/mol. The number of nitrogens with zero attached hydrogens (tertiary/aromatic N) is 1. The smallest absolute Gasteiger partial charge is 0.206 e. The van der Waals surface area contributed by atoms with E-state index in [1.807, 2.05) is 0 Å². The van der Waals surface area contributed by atoms with E-state index in [4.69, 9.17) is 11.6 Å². The van der Waals surface area contributed by atoms with Gasteiger partial charge in [0, 0.05) is 6.54 Å². The highest BCUT2D eigenvalue weighted by atomic mass is 35.5. The zero-order chi connectivity index (χ0) is 14.6. The molecule has 2 aromatic rings. The monoisotopic (exact) mass is 339 g/mol. The summed E-state index contributed by atoms with van der Waals surface area (Å²) in [4.78, 5) is 0. The summed E-state index contributed by atoms with van der Waals surface area (Å²) in [6.45, 7) is 0.555. The lowest BCUT2D eigenvalue weighted by atomic mass is 9.95. The first-order chi connectivity index (χ1) is 10.1. The minimum Gasteiger partial charge on any atom is -0.206 e. The third-order valence-electron chi connectivity index (χ3n) is 4.37. The minimum absolute atomic E-state index is 0.00387. The molecule has 21 heavy (non-hydrogen) atoms. The highest BCUT2D eigenvalue weighted by Gasteiger charge is 2.40. The van der Waals surface area contributed by atoms with E-state index in [9.17, 15) is 8.42 Å². The number of aryl methyl sites for hydroxylation is 1. The van der Waals surface area contributed by atoms with E-state index in [0.29, 0.717) is 15.1 Å². The Kier molecular flexibility index (Phi) is 3.15. The van der Waals surface area contributed by atoms with Crippen LogP contribution in [0.2, 0.25) is 4.34 Å². The third-order valence-corrected chi connectivity index (χ3v) is 7.97. The van der Waals surface area contributed by atoms with Crippen LogP contribution in [0.4, 0.5) is 0 Å². The zero-order valence-electron chi connectivity index (χ0n) is 11.3. The average Bonchev–Trinajstić information content (AvgIpc) is 3.08. The molecule has 3 nitrogen and oxygen atoms in total. The lowest BCUT2D eigenvalue weighted by Gasteiger charge is -2.33. The molecule has 0 bridgehead atoms. The molecule has 2 aliphatic rings. The van der Waals surface area contributed by atoms with Crippen LogP contribution in [0.25, 0.3) is 0 Å². The summed E-state index contributed by atoms with van der Waals surface area (Å²) in [6.07, 6.45) is 2.63. The van der Waals surface area contributed by atoms with E-state index in [2.05, 4.69) is 18.2 Å². The van der Waals surface area contributed by atoms with Crippen LogP contribution in [-0.4, -0.2) is 19.3 Å². The van der Waals surface area contributed by atoms with Crippen LogP contribution in [0, 0.1) is 0 Å². The van der Waals surface area contributed by atoms with Gasteiger partial charge in [-0.2, -0.15) is 4.31 Å². The van der Waals surface area contributed by atoms with Crippen LogP contribution < -0.4 is 0 Å². The maximum absolute atomic E-state index is 12.9. The Morgan fingerprint density at radius 1 is 1.14 bits per heavy atom. The molecule has 0 saturated heterocycles. The molecule has 0 N–H and O–H groups in total. The molecule has 0 amide bonds. The molecule has 2 heterocycles. The number of benzene rings is 1. The second-order valence-corrected chi connectivity index (χ2v) is 9.30. The first kappa shape index (κ1) is 13.8. The molecule has 0 saturated carbocycles. The fraction of sp³-hybridized carbons (Fsp3) is 0.333. The predicted octanol–water partition coefficient (Wildman–Crippen LogP) is 3.64. The molecule has 1 aliphatic heterocycles. The number of sulfonamides is 1. The van der Waals surface area contributed by atoms with Gasteiger partial charge in [-0.1, -0.05) is 29.8 Å². The summed E-state index contributed by atoms with van der Waals surface area (Å²) in [5, 5.41) is 0. The van der Waals surface area contributed by atoms with E-state index in [0.717, 1.165) is 30.6 Å². The third kappa shape index (κ3) is 2.06. The molecule has 1 aromatic carbocycles. The molecule has 1 aromatic heterocycles. The fourth-order valence-corrected chi connectivity index (χ4v) is 6.72. The lowest BCUT2D eigenvalue weighted by Crippen LogP contribution is -2.38. The van der Waals surface area contributed by atoms with Crippen molar-refractivity contribution >= 4 is 33.0 Å². The number of thiophene rings is 1. The number of hydrogen-bond acceptors (Lipinski definition) is 3. The molecular weight excluding hydrogens is 326 g/mol. The van der Waals surface area contributed by atoms with Crippen LogP contribution in [0.5, 0.6) is 0 Å². The van der Waals surface area contributed by atoms with Gasteiger partial charge in [-0.3, -0.25) is 0 Å². The van der Waals surface area contributed by atoms with Gasteiger partial charge in [0.05, 0.1) is 10.4 Å². The second-order valence-electron chi connectivity index (χ2n) is 5.47. The SMILES string of the molecule is O=S(=O)(c1ccc(Cl)s1)N1CCc2cccc3c2C1CC3. The summed E-state index contributed by atoms with van der Waals surface area (Å²) >= 11 is 7.04. The van der Waals surface area contributed by atoms with Gasteiger partial charge in [0.2, 0.25) is 0 Å². The molecule has 1 aliphatic carbocycles. The van der Waals surface area contributed by atoms with Gasteiger partial charge in [-0.05, 0) is 48.1 Å². The van der Waals surface area contributed by atoms with E-state index in [1.54, 1.807) is 16.4 Å². The highest BCUT2D eigenvalue weighted by molar-refractivity contribution is 7.91. The van der Waals surface area contributed by atoms with Gasteiger partial charge >= 0.3 is 0 Å². The number of rotatable bonds is 2. The summed E-state index contributed by atoms with van der Waals surface area (Å²) < 4.78 is 28.3. The zero-order valence-corrected chi connectivity index (χ0v) is 13.6. The Balaban J connectivity index is 1.79.